The number of hydrogen-bond donors (Lipinski definition) is 1. The first-order valence-electron chi connectivity index (χ1n) is 3.19. The van der Waals surface area contributed by atoms with Crippen molar-refractivity contribution in [3.63, 3.8) is 0 Å². The van der Waals surface area contributed by atoms with Gasteiger partial charge in [-0.25, -0.2) is 0 Å². The third-order valence-corrected chi connectivity index (χ3v) is 1.38. The van der Waals surface area contributed by atoms with Crippen molar-refractivity contribution in [1.82, 2.24) is 0 Å². The zero-order chi connectivity index (χ0) is 8.27. The Morgan fingerprint density at radius 1 is 1.17 bits per heavy atom. The fourth-order valence-corrected chi connectivity index (χ4v) is 0.870. The van der Waals surface area contributed by atoms with Crippen LogP contribution in [0.25, 0.3) is 0 Å². The molecule has 0 amide bonds. The van der Waals surface area contributed by atoms with Gasteiger partial charge in [-0.15, -0.1) is 0 Å². The molecule has 0 unspecified atom stereocenters. The van der Waals surface area contributed by atoms with Crippen molar-refractivity contribution in [3.05, 3.63) is 18.2 Å². The van der Waals surface area contributed by atoms with E-state index in [4.69, 9.17) is 9.47 Å². The predicted octanol–water partition coefficient (Wildman–Crippen LogP) is -1.59. The number of aromatic hydroxyl groups is 1. The molecule has 0 aliphatic rings. The maximum Gasteiger partial charge on any atom is 1.00 e. The van der Waals surface area contributed by atoms with Gasteiger partial charge in [-0.05, 0) is 12.1 Å². The molecule has 0 radical (unpaired) electrons. The van der Waals surface area contributed by atoms with Crippen molar-refractivity contribution in [2.45, 2.75) is 0 Å². The monoisotopic (exact) mass is 177 g/mol. The number of hydrogen-bond acceptors (Lipinski definition) is 3. The maximum absolute atomic E-state index is 9.22. The van der Waals surface area contributed by atoms with E-state index in [1.54, 1.807) is 18.2 Å². The maximum atomic E-state index is 9.22. The van der Waals surface area contributed by atoms with Crippen LogP contribution in [-0.4, -0.2) is 19.3 Å². The quantitative estimate of drug-likeness (QED) is 0.554. The Balaban J connectivity index is 0.00000121. The summed E-state index contributed by atoms with van der Waals surface area (Å²) < 4.78 is 9.82. The van der Waals surface area contributed by atoms with Crippen molar-refractivity contribution in [2.75, 3.05) is 14.2 Å². The fraction of sp³-hybridized carbons (Fsp3) is 0.250. The van der Waals surface area contributed by atoms with Gasteiger partial charge < -0.3 is 14.6 Å². The van der Waals surface area contributed by atoms with Crippen molar-refractivity contribution in [3.8, 4) is 17.2 Å². The largest absolute Gasteiger partial charge is 1.00 e. The summed E-state index contributed by atoms with van der Waals surface area (Å²) in [6, 6.07) is 4.95. The summed E-state index contributed by atoms with van der Waals surface area (Å²) in [5.74, 6) is 0.995. The summed E-state index contributed by atoms with van der Waals surface area (Å²) in [6.07, 6.45) is 0. The molecule has 0 heterocycles. The van der Waals surface area contributed by atoms with Gasteiger partial charge in [0, 0.05) is 0 Å². The molecule has 1 aromatic rings. The third-order valence-electron chi connectivity index (χ3n) is 1.38. The molecule has 0 aliphatic carbocycles. The molecule has 0 aliphatic heterocycles. The minimum absolute atomic E-state index is 0. The molecule has 3 nitrogen and oxygen atoms in total. The Morgan fingerprint density at radius 3 is 2.25 bits per heavy atom. The van der Waals surface area contributed by atoms with E-state index in [-0.39, 0.29) is 35.3 Å². The standard InChI is InChI=1S/C8H10O3.Na/c1-10-7-5-3-4-6(9)8(7)11-2;/h3-5,9H,1-2H3;/q;+1. The molecule has 4 heteroatoms. The Bertz CT molecular complexity index is 250. The molecule has 0 saturated heterocycles. The summed E-state index contributed by atoms with van der Waals surface area (Å²) in [6.45, 7) is 0. The smallest absolute Gasteiger partial charge is 0.504 e. The van der Waals surface area contributed by atoms with Crippen LogP contribution in [0.5, 0.6) is 17.2 Å². The second kappa shape index (κ2) is 5.30. The molecule has 1 aromatic carbocycles. The summed E-state index contributed by atoms with van der Waals surface area (Å²) in [4.78, 5) is 0. The third kappa shape index (κ3) is 2.30. The van der Waals surface area contributed by atoms with Gasteiger partial charge in [0.15, 0.2) is 11.5 Å². The van der Waals surface area contributed by atoms with E-state index in [2.05, 4.69) is 0 Å². The number of benzene rings is 1. The van der Waals surface area contributed by atoms with E-state index in [0.717, 1.165) is 0 Å². The van der Waals surface area contributed by atoms with Crippen molar-refractivity contribution >= 4 is 0 Å². The van der Waals surface area contributed by atoms with E-state index in [9.17, 15) is 5.11 Å². The number of rotatable bonds is 2. The average molecular weight is 177 g/mol. The van der Waals surface area contributed by atoms with Crippen LogP contribution in [0.15, 0.2) is 18.2 Å². The summed E-state index contributed by atoms with van der Waals surface area (Å²) in [7, 11) is 3.01. The second-order valence-electron chi connectivity index (χ2n) is 2.01. The molecule has 1 rings (SSSR count). The Hall–Kier alpha value is -0.380. The van der Waals surface area contributed by atoms with Gasteiger partial charge in [0.25, 0.3) is 0 Å². The minimum atomic E-state index is 0. The fourth-order valence-electron chi connectivity index (χ4n) is 0.870. The van der Waals surface area contributed by atoms with Gasteiger partial charge >= 0.3 is 29.6 Å². The predicted molar refractivity (Wildman–Crippen MR) is 41.2 cm³/mol. The first-order chi connectivity index (χ1) is 5.29. The van der Waals surface area contributed by atoms with Crippen molar-refractivity contribution < 1.29 is 44.1 Å². The van der Waals surface area contributed by atoms with Crippen molar-refractivity contribution in [1.29, 1.82) is 0 Å². The van der Waals surface area contributed by atoms with E-state index < -0.39 is 0 Å². The Labute approximate surface area is 93.6 Å². The van der Waals surface area contributed by atoms with E-state index in [0.29, 0.717) is 11.5 Å². The zero-order valence-corrected chi connectivity index (χ0v) is 9.50. The Morgan fingerprint density at radius 2 is 1.83 bits per heavy atom. The average Bonchev–Trinajstić information content (AvgIpc) is 2.04. The van der Waals surface area contributed by atoms with Crippen LogP contribution in [-0.2, 0) is 0 Å². The van der Waals surface area contributed by atoms with Gasteiger partial charge in [0.05, 0.1) is 14.2 Å². The SMILES string of the molecule is COc1cccc(O)c1OC.[Na+]. The molecule has 1 N–H and O–H groups in total. The van der Waals surface area contributed by atoms with E-state index in [1.807, 2.05) is 0 Å². The van der Waals surface area contributed by atoms with Crippen LogP contribution in [0.1, 0.15) is 0 Å². The van der Waals surface area contributed by atoms with E-state index >= 15 is 0 Å². The molecular weight excluding hydrogens is 167 g/mol. The number of ether oxygens (including phenoxy) is 2. The zero-order valence-electron chi connectivity index (χ0n) is 7.50. The van der Waals surface area contributed by atoms with Crippen LogP contribution in [0.3, 0.4) is 0 Å². The first kappa shape index (κ1) is 11.6. The molecule has 60 valence electrons. The van der Waals surface area contributed by atoms with Gasteiger partial charge in [-0.1, -0.05) is 6.07 Å². The molecule has 12 heavy (non-hydrogen) atoms. The number of methoxy groups -OCH3 is 2. The molecule has 0 fully saturated rings. The van der Waals surface area contributed by atoms with Crippen molar-refractivity contribution in [2.24, 2.45) is 0 Å². The summed E-state index contributed by atoms with van der Waals surface area (Å²) in [5, 5.41) is 9.22. The molecular formula is C8H10NaO3+. The topological polar surface area (TPSA) is 38.7 Å². The molecule has 0 atom stereocenters. The van der Waals surface area contributed by atoms with Gasteiger partial charge in [-0.3, -0.25) is 0 Å². The number of phenolic OH excluding ortho intramolecular Hbond substituents is 1. The number of para-hydroxylation sites is 1. The summed E-state index contributed by atoms with van der Waals surface area (Å²) in [5.41, 5.74) is 0. The summed E-state index contributed by atoms with van der Waals surface area (Å²) >= 11 is 0. The van der Waals surface area contributed by atoms with Gasteiger partial charge in [0.1, 0.15) is 0 Å². The van der Waals surface area contributed by atoms with Gasteiger partial charge in [0.2, 0.25) is 5.75 Å². The minimum Gasteiger partial charge on any atom is -0.504 e. The molecule has 0 aromatic heterocycles. The second-order valence-corrected chi connectivity index (χ2v) is 2.01. The van der Waals surface area contributed by atoms with E-state index in [1.165, 1.54) is 14.2 Å². The van der Waals surface area contributed by atoms with Gasteiger partial charge in [-0.2, -0.15) is 0 Å². The van der Waals surface area contributed by atoms with Crippen LogP contribution >= 0.6 is 0 Å². The Kier molecular flexibility index (Phi) is 5.13. The first-order valence-corrected chi connectivity index (χ1v) is 3.19. The molecule has 0 spiro atoms. The number of phenols is 1. The van der Waals surface area contributed by atoms with Crippen LogP contribution in [0.2, 0.25) is 0 Å². The van der Waals surface area contributed by atoms with Crippen LogP contribution in [0, 0.1) is 0 Å². The molecule has 0 saturated carbocycles. The van der Waals surface area contributed by atoms with Crippen LogP contribution in [0.4, 0.5) is 0 Å². The normalized spacial score (nSPS) is 8.50. The molecule has 0 bridgehead atoms. The van der Waals surface area contributed by atoms with Crippen LogP contribution < -0.4 is 39.0 Å².